The van der Waals surface area contributed by atoms with Crippen molar-refractivity contribution < 1.29 is 5.11 Å². The first kappa shape index (κ1) is 60.6. The van der Waals surface area contributed by atoms with Crippen molar-refractivity contribution in [2.75, 3.05) is 0 Å². The van der Waals surface area contributed by atoms with Gasteiger partial charge in [0.2, 0.25) is 0 Å². The van der Waals surface area contributed by atoms with E-state index in [1.54, 1.807) is 0 Å². The summed E-state index contributed by atoms with van der Waals surface area (Å²) in [7, 11) is 0. The molecule has 2 aliphatic rings. The molecule has 2 heterocycles. The largest absolute Gasteiger partial charge is 0.385 e. The Bertz CT molecular complexity index is 5460. The summed E-state index contributed by atoms with van der Waals surface area (Å²) >= 11 is 0. The highest BCUT2D eigenvalue weighted by Crippen LogP contribution is 2.51. The lowest BCUT2D eigenvalue weighted by Gasteiger charge is -2.40. The van der Waals surface area contributed by atoms with E-state index in [4.69, 9.17) is 0 Å². The molecule has 95 heavy (non-hydrogen) atoms. The molecular formula is C92H88N2O. The Labute approximate surface area is 560 Å². The van der Waals surface area contributed by atoms with Crippen LogP contribution in [0.5, 0.6) is 0 Å². The average Bonchev–Trinajstić information content (AvgIpc) is 1.64. The molecule has 1 N–H and O–H groups in total. The van der Waals surface area contributed by atoms with Gasteiger partial charge in [0.05, 0.1) is 27.7 Å². The molecule has 0 amide bonds. The quantitative estimate of drug-likeness (QED) is 0.171. The molecule has 3 nitrogen and oxygen atoms in total. The Morgan fingerprint density at radius 1 is 0.305 bits per heavy atom. The minimum Gasteiger partial charge on any atom is -0.385 e. The van der Waals surface area contributed by atoms with Crippen molar-refractivity contribution in [1.82, 2.24) is 9.13 Å². The summed E-state index contributed by atoms with van der Waals surface area (Å²) in [5.74, 6) is 0. The van der Waals surface area contributed by atoms with Gasteiger partial charge in [-0.05, 0) is 229 Å². The first-order valence-electron chi connectivity index (χ1n) is 35.2. The molecule has 2 fully saturated rings. The van der Waals surface area contributed by atoms with E-state index in [1.807, 2.05) is 0 Å². The first-order valence-corrected chi connectivity index (χ1v) is 35.2. The van der Waals surface area contributed by atoms with Gasteiger partial charge >= 0.3 is 0 Å². The van der Waals surface area contributed by atoms with Gasteiger partial charge in [0.1, 0.15) is 0 Å². The third-order valence-corrected chi connectivity index (χ3v) is 22.2. The van der Waals surface area contributed by atoms with Gasteiger partial charge in [-0.15, -0.1) is 0 Å². The predicted molar refractivity (Wildman–Crippen MR) is 409 cm³/mol. The van der Waals surface area contributed by atoms with Gasteiger partial charge in [0.25, 0.3) is 0 Å². The maximum Gasteiger partial charge on any atom is 0.0902 e. The van der Waals surface area contributed by atoms with Crippen LogP contribution in [0.15, 0.2) is 224 Å². The maximum atomic E-state index is 11.4. The Kier molecular flexibility index (Phi) is 14.7. The smallest absolute Gasteiger partial charge is 0.0902 e. The van der Waals surface area contributed by atoms with Crippen LogP contribution >= 0.6 is 0 Å². The second-order valence-corrected chi connectivity index (χ2v) is 30.7. The Morgan fingerprint density at radius 3 is 1.06 bits per heavy atom. The molecule has 2 aliphatic carbocycles. The van der Waals surface area contributed by atoms with E-state index >= 15 is 0 Å². The summed E-state index contributed by atoms with van der Waals surface area (Å²) in [4.78, 5) is 0. The second kappa shape index (κ2) is 23.0. The molecule has 14 aromatic carbocycles. The van der Waals surface area contributed by atoms with Crippen LogP contribution in [-0.4, -0.2) is 14.2 Å². The molecule has 0 spiro atoms. The second-order valence-electron chi connectivity index (χ2n) is 30.7. The van der Waals surface area contributed by atoms with Crippen molar-refractivity contribution in [2.24, 2.45) is 0 Å². The molecule has 0 unspecified atom stereocenters. The number of aromatic nitrogens is 2. The zero-order chi connectivity index (χ0) is 65.3. The minimum absolute atomic E-state index is 0.00467. The number of para-hydroxylation sites is 1. The lowest BCUT2D eigenvalue weighted by molar-refractivity contribution is 0.000778. The normalized spacial score (nSPS) is 15.3. The van der Waals surface area contributed by atoms with Crippen molar-refractivity contribution in [3.05, 3.63) is 275 Å². The molecule has 2 aromatic heterocycles. The lowest BCUT2D eigenvalue weighted by Crippen LogP contribution is -2.30. The summed E-state index contributed by atoms with van der Waals surface area (Å²) in [6.45, 7) is 22.5. The molecule has 0 aliphatic heterocycles. The Balaban J connectivity index is 0.000000125. The fourth-order valence-electron chi connectivity index (χ4n) is 17.2. The van der Waals surface area contributed by atoms with Crippen LogP contribution < -0.4 is 0 Å². The van der Waals surface area contributed by atoms with Crippen LogP contribution in [0.3, 0.4) is 0 Å². The summed E-state index contributed by atoms with van der Waals surface area (Å²) in [5, 5.41) is 32.9. The van der Waals surface area contributed by atoms with Crippen molar-refractivity contribution in [2.45, 2.75) is 155 Å². The number of nitrogens with zero attached hydrogens (tertiary/aromatic N) is 2. The zero-order valence-electron chi connectivity index (χ0n) is 57.3. The third kappa shape index (κ3) is 10.3. The molecule has 0 atom stereocenters. The van der Waals surface area contributed by atoms with E-state index in [2.05, 4.69) is 303 Å². The molecule has 16 aromatic rings. The monoisotopic (exact) mass is 1240 g/mol. The average molecular weight is 1240 g/mol. The van der Waals surface area contributed by atoms with E-state index < -0.39 is 5.60 Å². The van der Waals surface area contributed by atoms with Crippen LogP contribution in [0, 0.1) is 27.7 Å². The molecule has 3 heteroatoms. The zero-order valence-corrected chi connectivity index (χ0v) is 57.3. The summed E-state index contributed by atoms with van der Waals surface area (Å²) < 4.78 is 4.81. The number of aliphatic hydroxyl groups is 1. The molecule has 0 radical (unpaired) electrons. The highest BCUT2D eigenvalue weighted by molar-refractivity contribution is 6.25. The lowest BCUT2D eigenvalue weighted by atomic mass is 9.64. The number of rotatable bonds is 5. The van der Waals surface area contributed by atoms with Crippen LogP contribution in [-0.2, 0) is 21.8 Å². The van der Waals surface area contributed by atoms with Crippen molar-refractivity contribution in [3.8, 4) is 11.4 Å². The van der Waals surface area contributed by atoms with Gasteiger partial charge in [-0.1, -0.05) is 254 Å². The number of fused-ring (bicyclic) bond motifs is 6. The number of aryl methyl sites for hydroxylation is 4. The molecule has 2 saturated carbocycles. The molecule has 0 saturated heterocycles. The summed E-state index contributed by atoms with van der Waals surface area (Å²) in [6.07, 6.45) is 11.5. The summed E-state index contributed by atoms with van der Waals surface area (Å²) in [6, 6.07) is 84.8. The van der Waals surface area contributed by atoms with Crippen molar-refractivity contribution >= 4 is 108 Å². The SMILES string of the molecule is CC(C)(C)c1cc2ccc3ccc(C4(O)CCCCC4)c4ccc(c1)c2c34.Cc1ccc2c(c1)c1cc(C)ccc1n2-c1ccc(C2(c3ccc4ccc5cc(C(C)(C)C)cc6ccc3c4c56)CCCCC2)cc1.Cc1ccc2c(c1)c1cc(C)ccc1n2-c1ccccc1. The Morgan fingerprint density at radius 2 is 0.653 bits per heavy atom. The van der Waals surface area contributed by atoms with Gasteiger partial charge in [-0.25, -0.2) is 0 Å². The Hall–Kier alpha value is -9.28. The number of benzene rings is 14. The topological polar surface area (TPSA) is 30.1 Å². The fraction of sp³-hybridized carbons (Fsp3) is 0.261. The van der Waals surface area contributed by atoms with E-state index in [0.29, 0.717) is 0 Å². The van der Waals surface area contributed by atoms with E-state index in [9.17, 15) is 5.11 Å². The highest BCUT2D eigenvalue weighted by Gasteiger charge is 2.38. The molecular weight excluding hydrogens is 1150 g/mol. The van der Waals surface area contributed by atoms with Gasteiger partial charge < -0.3 is 14.2 Å². The van der Waals surface area contributed by atoms with Crippen molar-refractivity contribution in [3.63, 3.8) is 0 Å². The van der Waals surface area contributed by atoms with Gasteiger partial charge in [-0.3, -0.25) is 0 Å². The maximum absolute atomic E-state index is 11.4. The third-order valence-electron chi connectivity index (χ3n) is 22.2. The van der Waals surface area contributed by atoms with Crippen LogP contribution in [0.2, 0.25) is 0 Å². The van der Waals surface area contributed by atoms with E-state index in [-0.39, 0.29) is 16.2 Å². The van der Waals surface area contributed by atoms with E-state index in [0.717, 1.165) is 31.2 Å². The van der Waals surface area contributed by atoms with Gasteiger partial charge in [0, 0.05) is 38.3 Å². The fourth-order valence-corrected chi connectivity index (χ4v) is 17.2. The van der Waals surface area contributed by atoms with Gasteiger partial charge in [0.15, 0.2) is 0 Å². The summed E-state index contributed by atoms with van der Waals surface area (Å²) in [5.41, 5.74) is 19.2. The predicted octanol–water partition coefficient (Wildman–Crippen LogP) is 25.3. The van der Waals surface area contributed by atoms with Crippen molar-refractivity contribution in [1.29, 1.82) is 0 Å². The molecule has 0 bridgehead atoms. The van der Waals surface area contributed by atoms with Gasteiger partial charge in [-0.2, -0.15) is 0 Å². The van der Waals surface area contributed by atoms with Crippen LogP contribution in [0.4, 0.5) is 0 Å². The highest BCUT2D eigenvalue weighted by atomic mass is 16.3. The number of hydrogen-bond acceptors (Lipinski definition) is 1. The molecule has 18 rings (SSSR count). The van der Waals surface area contributed by atoms with E-state index in [1.165, 1.54) is 203 Å². The first-order chi connectivity index (χ1) is 45.8. The standard InChI is InChI=1S/C46H43N.C26H28O.C20H17N/c1-29-9-21-41-38(25-29)39-26-30(2)10-22-42(39)47(41)36-17-15-34(16-18-36)46(23-7-6-8-24-46)40-20-14-31-11-12-32-27-35(45(3,4)5)28-33-13-19-37(40)44(31)43(32)33;1-25(2,3)20-15-18-8-7-17-10-12-22(26(27)13-5-4-6-14-26)21-11-9-19(16-20)23(18)24(17)21;1-14-8-10-19-17(12-14)18-13-15(2)9-11-20(18)21(19)16-6-4-3-5-7-16/h9-22,25-28H,6-8,23-24H2,1-5H3;7-12,15-16,27H,4-6,13-14H2,1-3H3;3-13H,1-2H3. The molecule has 472 valence electrons. The van der Waals surface area contributed by atoms with Crippen LogP contribution in [0.25, 0.3) is 120 Å². The minimum atomic E-state index is -0.670. The number of hydrogen-bond donors (Lipinski definition) is 1. The van der Waals surface area contributed by atoms with Crippen LogP contribution in [0.1, 0.15) is 156 Å².